The second kappa shape index (κ2) is 7.17. The second-order valence-electron chi connectivity index (χ2n) is 8.42. The van der Waals surface area contributed by atoms with Crippen LogP contribution in [0.4, 0.5) is 0 Å². The van der Waals surface area contributed by atoms with Crippen LogP contribution >= 0.6 is 11.3 Å². The van der Waals surface area contributed by atoms with Gasteiger partial charge in [-0.3, -0.25) is 9.48 Å². The number of nitrogens with zero attached hydrogens (tertiary/aromatic N) is 5. The summed E-state index contributed by atoms with van der Waals surface area (Å²) in [6, 6.07) is 1.74. The number of piperidine rings is 1. The van der Waals surface area contributed by atoms with E-state index in [0.29, 0.717) is 50.6 Å². The first kappa shape index (κ1) is 20.5. The summed E-state index contributed by atoms with van der Waals surface area (Å²) in [4.78, 5) is 21.2. The van der Waals surface area contributed by atoms with Crippen molar-refractivity contribution >= 4 is 27.3 Å². The number of amides is 1. The third-order valence-corrected chi connectivity index (χ3v) is 8.66. The van der Waals surface area contributed by atoms with Gasteiger partial charge in [0, 0.05) is 49.1 Å². The molecule has 10 heteroatoms. The van der Waals surface area contributed by atoms with Crippen molar-refractivity contribution in [2.45, 2.75) is 44.6 Å². The minimum absolute atomic E-state index is 0.0416. The van der Waals surface area contributed by atoms with Gasteiger partial charge in [0.25, 0.3) is 5.91 Å². The topological polar surface area (TPSA) is 88.4 Å². The monoisotopic (exact) mass is 437 g/mol. The van der Waals surface area contributed by atoms with Crippen LogP contribution in [-0.4, -0.2) is 64.2 Å². The van der Waals surface area contributed by atoms with Crippen molar-refractivity contribution in [3.63, 3.8) is 0 Å². The highest BCUT2D eigenvalue weighted by Crippen LogP contribution is 2.44. The van der Waals surface area contributed by atoms with E-state index in [1.54, 1.807) is 35.3 Å². The van der Waals surface area contributed by atoms with Crippen LogP contribution in [0.1, 0.15) is 58.7 Å². The van der Waals surface area contributed by atoms with Crippen LogP contribution in [0, 0.1) is 0 Å². The van der Waals surface area contributed by atoms with Gasteiger partial charge in [0.2, 0.25) is 10.0 Å². The maximum atomic E-state index is 13.2. The lowest BCUT2D eigenvalue weighted by Crippen LogP contribution is -2.54. The molecule has 0 atom stereocenters. The zero-order valence-electron chi connectivity index (χ0n) is 17.3. The van der Waals surface area contributed by atoms with Crippen LogP contribution in [0.15, 0.2) is 12.3 Å². The minimum atomic E-state index is -3.21. The highest BCUT2D eigenvalue weighted by atomic mass is 32.2. The standard InChI is InChI=1S/C19H27N5O3S2/c1-13(2)17-21-16-15(28-17)11-23(18(25)14-5-8-20-22(14)3)12-19(16)6-9-24(10-7-19)29(4,26)27/h5,8,13H,6-7,9-12H2,1-4H3. The first-order valence-electron chi connectivity index (χ1n) is 9.83. The molecular formula is C19H27N5O3S2. The summed E-state index contributed by atoms with van der Waals surface area (Å²) < 4.78 is 27.1. The predicted molar refractivity (Wildman–Crippen MR) is 111 cm³/mol. The summed E-state index contributed by atoms with van der Waals surface area (Å²) in [6.07, 6.45) is 4.23. The molecule has 158 valence electrons. The maximum Gasteiger partial charge on any atom is 0.272 e. The van der Waals surface area contributed by atoms with E-state index < -0.39 is 10.0 Å². The van der Waals surface area contributed by atoms with Gasteiger partial charge in [-0.15, -0.1) is 11.3 Å². The number of aryl methyl sites for hydroxylation is 1. The number of fused-ring (bicyclic) bond motifs is 2. The molecule has 1 saturated heterocycles. The zero-order valence-corrected chi connectivity index (χ0v) is 18.9. The predicted octanol–water partition coefficient (Wildman–Crippen LogP) is 1.95. The van der Waals surface area contributed by atoms with Gasteiger partial charge < -0.3 is 4.90 Å². The summed E-state index contributed by atoms with van der Waals surface area (Å²) in [7, 11) is -1.44. The van der Waals surface area contributed by atoms with E-state index in [1.165, 1.54) is 10.6 Å². The number of carbonyl (C=O) groups excluding carboxylic acids is 1. The molecule has 0 aromatic carbocycles. The molecule has 1 amide bonds. The van der Waals surface area contributed by atoms with E-state index in [-0.39, 0.29) is 11.3 Å². The fourth-order valence-corrected chi connectivity index (χ4v) is 6.39. The van der Waals surface area contributed by atoms with Crippen LogP contribution in [-0.2, 0) is 29.0 Å². The third-order valence-electron chi connectivity index (χ3n) is 6.01. The molecule has 1 fully saturated rings. The molecule has 0 aliphatic carbocycles. The van der Waals surface area contributed by atoms with Gasteiger partial charge in [-0.05, 0) is 18.9 Å². The molecule has 0 N–H and O–H groups in total. The van der Waals surface area contributed by atoms with Gasteiger partial charge in [0.1, 0.15) is 5.69 Å². The smallest absolute Gasteiger partial charge is 0.272 e. The van der Waals surface area contributed by atoms with Crippen molar-refractivity contribution < 1.29 is 13.2 Å². The van der Waals surface area contributed by atoms with E-state index in [2.05, 4.69) is 18.9 Å². The highest BCUT2D eigenvalue weighted by molar-refractivity contribution is 7.88. The number of hydrogen-bond donors (Lipinski definition) is 0. The first-order chi connectivity index (χ1) is 13.6. The number of sulfonamides is 1. The Labute approximate surface area is 175 Å². The highest BCUT2D eigenvalue weighted by Gasteiger charge is 2.47. The Balaban J connectivity index is 1.70. The largest absolute Gasteiger partial charge is 0.331 e. The number of hydrogen-bond acceptors (Lipinski definition) is 6. The molecule has 4 rings (SSSR count). The fourth-order valence-electron chi connectivity index (χ4n) is 4.34. The average Bonchev–Trinajstić information content (AvgIpc) is 3.27. The molecule has 0 radical (unpaired) electrons. The van der Waals surface area contributed by atoms with E-state index in [0.717, 1.165) is 15.6 Å². The Morgan fingerprint density at radius 1 is 1.28 bits per heavy atom. The number of thiazole rings is 1. The molecule has 1 spiro atoms. The molecule has 4 heterocycles. The molecule has 0 bridgehead atoms. The molecule has 0 saturated carbocycles. The van der Waals surface area contributed by atoms with Crippen LogP contribution in [0.5, 0.6) is 0 Å². The van der Waals surface area contributed by atoms with Gasteiger partial charge in [0.15, 0.2) is 0 Å². The lowest BCUT2D eigenvalue weighted by atomic mass is 9.73. The first-order valence-corrected chi connectivity index (χ1v) is 12.5. The molecule has 2 aromatic heterocycles. The lowest BCUT2D eigenvalue weighted by Gasteiger charge is -2.46. The Bertz CT molecular complexity index is 1030. The Morgan fingerprint density at radius 3 is 2.52 bits per heavy atom. The van der Waals surface area contributed by atoms with Gasteiger partial charge in [-0.2, -0.15) is 5.10 Å². The lowest BCUT2D eigenvalue weighted by molar-refractivity contribution is 0.0608. The van der Waals surface area contributed by atoms with Crippen molar-refractivity contribution in [2.75, 3.05) is 25.9 Å². The molecule has 8 nitrogen and oxygen atoms in total. The maximum absolute atomic E-state index is 13.2. The summed E-state index contributed by atoms with van der Waals surface area (Å²) in [6.45, 7) is 6.27. The van der Waals surface area contributed by atoms with Crippen LogP contribution < -0.4 is 0 Å². The molecular weight excluding hydrogens is 410 g/mol. The summed E-state index contributed by atoms with van der Waals surface area (Å²) >= 11 is 1.68. The number of aromatic nitrogens is 3. The van der Waals surface area contributed by atoms with Crippen LogP contribution in [0.3, 0.4) is 0 Å². The third kappa shape index (κ3) is 3.62. The van der Waals surface area contributed by atoms with Gasteiger partial charge in [-0.25, -0.2) is 17.7 Å². The van der Waals surface area contributed by atoms with E-state index in [9.17, 15) is 13.2 Å². The van der Waals surface area contributed by atoms with Gasteiger partial charge in [0.05, 0.1) is 23.5 Å². The molecule has 2 aromatic rings. The van der Waals surface area contributed by atoms with Crippen LogP contribution in [0.25, 0.3) is 0 Å². The van der Waals surface area contributed by atoms with Crippen molar-refractivity contribution in [1.29, 1.82) is 0 Å². The molecule has 0 unspecified atom stereocenters. The zero-order chi connectivity index (χ0) is 21.0. The molecule has 2 aliphatic heterocycles. The van der Waals surface area contributed by atoms with Crippen molar-refractivity contribution in [3.8, 4) is 0 Å². The number of rotatable bonds is 3. The van der Waals surface area contributed by atoms with E-state index >= 15 is 0 Å². The van der Waals surface area contributed by atoms with Crippen molar-refractivity contribution in [1.82, 2.24) is 24.0 Å². The summed E-state index contributed by atoms with van der Waals surface area (Å²) in [5, 5.41) is 5.21. The van der Waals surface area contributed by atoms with Crippen LogP contribution in [0.2, 0.25) is 0 Å². The quantitative estimate of drug-likeness (QED) is 0.732. The van der Waals surface area contributed by atoms with E-state index in [4.69, 9.17) is 4.98 Å². The normalized spacial score (nSPS) is 19.7. The fraction of sp³-hybridized carbons (Fsp3) is 0.632. The summed E-state index contributed by atoms with van der Waals surface area (Å²) in [5.41, 5.74) is 1.34. The Kier molecular flexibility index (Phi) is 5.07. The Morgan fingerprint density at radius 2 is 1.97 bits per heavy atom. The average molecular weight is 438 g/mol. The molecule has 29 heavy (non-hydrogen) atoms. The van der Waals surface area contributed by atoms with Crippen molar-refractivity contribution in [3.05, 3.63) is 33.5 Å². The summed E-state index contributed by atoms with van der Waals surface area (Å²) in [5.74, 6) is 0.278. The molecule has 2 aliphatic rings. The van der Waals surface area contributed by atoms with Gasteiger partial charge in [-0.1, -0.05) is 13.8 Å². The van der Waals surface area contributed by atoms with Gasteiger partial charge >= 0.3 is 0 Å². The SMILES string of the molecule is CC(C)c1nc2c(s1)CN(C(=O)c1ccnn1C)CC21CCN(S(C)(=O)=O)CC1. The van der Waals surface area contributed by atoms with Crippen molar-refractivity contribution in [2.24, 2.45) is 7.05 Å². The minimum Gasteiger partial charge on any atom is -0.331 e. The number of carbonyl (C=O) groups is 1. The van der Waals surface area contributed by atoms with E-state index in [1.807, 2.05) is 4.90 Å². The second-order valence-corrected chi connectivity index (χ2v) is 11.5. The Hall–Kier alpha value is -1.78.